The topological polar surface area (TPSA) is 75.4 Å². The summed E-state index contributed by atoms with van der Waals surface area (Å²) in [6.45, 7) is 4.83. The number of fused-ring (bicyclic) bond motifs is 1. The van der Waals surface area contributed by atoms with E-state index in [0.717, 1.165) is 41.6 Å². The highest BCUT2D eigenvalue weighted by molar-refractivity contribution is 7.98. The molecule has 36 heavy (non-hydrogen) atoms. The van der Waals surface area contributed by atoms with E-state index in [2.05, 4.69) is 17.2 Å². The minimum absolute atomic E-state index is 0.0599. The molecular weight excluding hydrogens is 470 g/mol. The Labute approximate surface area is 215 Å². The molecule has 7 heteroatoms. The number of anilines is 1. The molecule has 0 radical (unpaired) electrons. The van der Waals surface area contributed by atoms with E-state index < -0.39 is 0 Å². The summed E-state index contributed by atoms with van der Waals surface area (Å²) >= 11 is 1.46. The predicted molar refractivity (Wildman–Crippen MR) is 143 cm³/mol. The Bertz CT molecular complexity index is 1380. The fourth-order valence-electron chi connectivity index (χ4n) is 4.61. The van der Waals surface area contributed by atoms with Gasteiger partial charge in [0.05, 0.1) is 0 Å². The van der Waals surface area contributed by atoms with Gasteiger partial charge in [0.25, 0.3) is 17.0 Å². The maximum absolute atomic E-state index is 13.2. The van der Waals surface area contributed by atoms with E-state index in [9.17, 15) is 9.59 Å². The van der Waals surface area contributed by atoms with E-state index in [-0.39, 0.29) is 17.9 Å². The number of hydrogen-bond acceptors (Lipinski definition) is 5. The molecule has 6 nitrogen and oxygen atoms in total. The van der Waals surface area contributed by atoms with Gasteiger partial charge in [-0.25, -0.2) is 4.98 Å². The van der Waals surface area contributed by atoms with Crippen LogP contribution in [-0.4, -0.2) is 34.3 Å². The minimum Gasteiger partial charge on any atom is -0.431 e. The molecule has 4 aromatic rings. The number of para-hydroxylation sites is 2. The number of carbonyl (C=O) groups is 2. The second-order valence-electron chi connectivity index (χ2n) is 9.22. The highest BCUT2D eigenvalue weighted by Crippen LogP contribution is 2.28. The first-order valence-corrected chi connectivity index (χ1v) is 13.3. The van der Waals surface area contributed by atoms with E-state index in [4.69, 9.17) is 4.42 Å². The standard InChI is InChI=1S/C29H29N3O3S/c1-19-17-21(28(34)32-16-8-7-9-20(32)2)14-15-24(19)30-27(33)23-11-4-3-10-22(23)18-36-29-31-25-12-5-6-13-26(25)35-29/h3-6,10-15,17,20H,7-9,16,18H2,1-2H3,(H,30,33). The average molecular weight is 500 g/mol. The van der Waals surface area contributed by atoms with Gasteiger partial charge in [0.15, 0.2) is 5.58 Å². The quantitative estimate of drug-likeness (QED) is 0.299. The SMILES string of the molecule is Cc1cc(C(=O)N2CCCCC2C)ccc1NC(=O)c1ccccc1CSc1nc2ccccc2o1. The molecule has 1 atom stereocenters. The smallest absolute Gasteiger partial charge is 0.257 e. The molecule has 0 spiro atoms. The van der Waals surface area contributed by atoms with Crippen LogP contribution in [0.4, 0.5) is 5.69 Å². The Morgan fingerprint density at radius 1 is 1.08 bits per heavy atom. The molecule has 0 bridgehead atoms. The van der Waals surface area contributed by atoms with Crippen LogP contribution in [0.25, 0.3) is 11.1 Å². The van der Waals surface area contributed by atoms with Crippen LogP contribution in [-0.2, 0) is 5.75 Å². The summed E-state index contributed by atoms with van der Waals surface area (Å²) in [5, 5.41) is 3.60. The zero-order chi connectivity index (χ0) is 25.1. The molecule has 0 aliphatic carbocycles. The van der Waals surface area contributed by atoms with Gasteiger partial charge in [-0.1, -0.05) is 42.1 Å². The molecule has 1 aliphatic rings. The second-order valence-corrected chi connectivity index (χ2v) is 10.1. The Morgan fingerprint density at radius 2 is 1.89 bits per heavy atom. The lowest BCUT2D eigenvalue weighted by Gasteiger charge is -2.33. The number of rotatable bonds is 6. The van der Waals surface area contributed by atoms with Crippen molar-refractivity contribution in [2.45, 2.75) is 50.1 Å². The molecule has 2 amide bonds. The number of thioether (sulfide) groups is 1. The van der Waals surface area contributed by atoms with Crippen molar-refractivity contribution in [1.29, 1.82) is 0 Å². The number of aryl methyl sites for hydroxylation is 1. The van der Waals surface area contributed by atoms with E-state index in [1.807, 2.05) is 72.5 Å². The van der Waals surface area contributed by atoms with E-state index in [1.165, 1.54) is 18.2 Å². The molecule has 5 rings (SSSR count). The molecule has 1 fully saturated rings. The van der Waals surface area contributed by atoms with Crippen LogP contribution in [0.2, 0.25) is 0 Å². The van der Waals surface area contributed by atoms with Crippen molar-refractivity contribution >= 4 is 40.4 Å². The summed E-state index contributed by atoms with van der Waals surface area (Å²) in [6, 6.07) is 21.0. The Hall–Kier alpha value is -3.58. The monoisotopic (exact) mass is 499 g/mol. The fourth-order valence-corrected chi connectivity index (χ4v) is 5.45. The third-order valence-electron chi connectivity index (χ3n) is 6.67. The van der Waals surface area contributed by atoms with Crippen LogP contribution < -0.4 is 5.32 Å². The van der Waals surface area contributed by atoms with Crippen LogP contribution in [0, 0.1) is 6.92 Å². The van der Waals surface area contributed by atoms with E-state index >= 15 is 0 Å². The summed E-state index contributed by atoms with van der Waals surface area (Å²) in [5.74, 6) is 0.428. The molecular formula is C29H29N3O3S. The molecule has 2 heterocycles. The van der Waals surface area contributed by atoms with Gasteiger partial charge < -0.3 is 14.6 Å². The van der Waals surface area contributed by atoms with Gasteiger partial charge in [0, 0.05) is 35.2 Å². The van der Waals surface area contributed by atoms with Crippen LogP contribution in [0.5, 0.6) is 0 Å². The molecule has 1 saturated heterocycles. The lowest BCUT2D eigenvalue weighted by atomic mass is 10.0. The van der Waals surface area contributed by atoms with Crippen molar-refractivity contribution < 1.29 is 14.0 Å². The maximum Gasteiger partial charge on any atom is 0.257 e. The van der Waals surface area contributed by atoms with Gasteiger partial charge in [-0.05, 0) is 80.6 Å². The number of nitrogens with zero attached hydrogens (tertiary/aromatic N) is 2. The molecule has 1 aliphatic heterocycles. The molecule has 1 N–H and O–H groups in total. The number of aromatic nitrogens is 1. The molecule has 0 saturated carbocycles. The second kappa shape index (κ2) is 10.6. The van der Waals surface area contributed by atoms with Gasteiger partial charge in [-0.15, -0.1) is 0 Å². The number of carbonyl (C=O) groups excluding carboxylic acids is 2. The zero-order valence-corrected chi connectivity index (χ0v) is 21.3. The van der Waals surface area contributed by atoms with E-state index in [1.54, 1.807) is 6.07 Å². The highest BCUT2D eigenvalue weighted by Gasteiger charge is 2.24. The predicted octanol–water partition coefficient (Wildman–Crippen LogP) is 6.70. The van der Waals surface area contributed by atoms with Crippen LogP contribution in [0.1, 0.15) is 58.0 Å². The fraction of sp³-hybridized carbons (Fsp3) is 0.276. The molecule has 1 aromatic heterocycles. The Kier molecular flexibility index (Phi) is 7.09. The van der Waals surface area contributed by atoms with Gasteiger partial charge in [0.2, 0.25) is 0 Å². The lowest BCUT2D eigenvalue weighted by molar-refractivity contribution is 0.0635. The van der Waals surface area contributed by atoms with Crippen LogP contribution in [0.3, 0.4) is 0 Å². The average Bonchev–Trinajstić information content (AvgIpc) is 3.32. The Balaban J connectivity index is 1.28. The van der Waals surface area contributed by atoms with Crippen LogP contribution >= 0.6 is 11.8 Å². The molecule has 184 valence electrons. The minimum atomic E-state index is -0.185. The zero-order valence-electron chi connectivity index (χ0n) is 20.5. The van der Waals surface area contributed by atoms with Gasteiger partial charge in [-0.3, -0.25) is 9.59 Å². The van der Waals surface area contributed by atoms with Gasteiger partial charge >= 0.3 is 0 Å². The highest BCUT2D eigenvalue weighted by atomic mass is 32.2. The number of oxazole rings is 1. The Morgan fingerprint density at radius 3 is 2.69 bits per heavy atom. The maximum atomic E-state index is 13.2. The van der Waals surface area contributed by atoms with Gasteiger partial charge in [-0.2, -0.15) is 0 Å². The largest absolute Gasteiger partial charge is 0.431 e. The summed E-state index contributed by atoms with van der Waals surface area (Å²) in [7, 11) is 0. The first-order valence-electron chi connectivity index (χ1n) is 12.3. The molecule has 3 aromatic carbocycles. The van der Waals surface area contributed by atoms with Crippen molar-refractivity contribution in [2.24, 2.45) is 0 Å². The number of amides is 2. The third-order valence-corrected chi connectivity index (χ3v) is 7.55. The first kappa shape index (κ1) is 24.1. The first-order chi connectivity index (χ1) is 17.5. The number of piperidine rings is 1. The van der Waals surface area contributed by atoms with Crippen LogP contribution in [0.15, 0.2) is 76.4 Å². The van der Waals surface area contributed by atoms with Crippen molar-refractivity contribution in [1.82, 2.24) is 9.88 Å². The third kappa shape index (κ3) is 5.16. The van der Waals surface area contributed by atoms with Crippen molar-refractivity contribution in [3.63, 3.8) is 0 Å². The summed E-state index contributed by atoms with van der Waals surface area (Å²) in [4.78, 5) is 32.7. The molecule has 1 unspecified atom stereocenters. The van der Waals surface area contributed by atoms with Crippen molar-refractivity contribution in [3.05, 3.63) is 89.0 Å². The number of nitrogens with one attached hydrogen (secondary N) is 1. The summed E-state index contributed by atoms with van der Waals surface area (Å²) < 4.78 is 5.80. The normalized spacial score (nSPS) is 15.7. The number of hydrogen-bond donors (Lipinski definition) is 1. The van der Waals surface area contributed by atoms with Crippen molar-refractivity contribution in [2.75, 3.05) is 11.9 Å². The van der Waals surface area contributed by atoms with Gasteiger partial charge in [0.1, 0.15) is 5.52 Å². The number of benzene rings is 3. The summed E-state index contributed by atoms with van der Waals surface area (Å²) in [5.41, 5.74) is 5.28. The lowest BCUT2D eigenvalue weighted by Crippen LogP contribution is -2.42. The number of likely N-dealkylation sites (tertiary alicyclic amines) is 1. The van der Waals surface area contributed by atoms with E-state index in [0.29, 0.717) is 27.8 Å². The summed E-state index contributed by atoms with van der Waals surface area (Å²) in [6.07, 6.45) is 3.26. The van der Waals surface area contributed by atoms with Crippen molar-refractivity contribution in [3.8, 4) is 0 Å².